The van der Waals surface area contributed by atoms with Gasteiger partial charge in [-0.1, -0.05) is 52.9 Å². The monoisotopic (exact) mass is 402 g/mol. The van der Waals surface area contributed by atoms with Gasteiger partial charge in [-0.05, 0) is 24.6 Å². The average Bonchev–Trinajstić information content (AvgIpc) is 3.33. The molecule has 2 N–H and O–H groups in total. The van der Waals surface area contributed by atoms with Crippen molar-refractivity contribution in [1.29, 1.82) is 0 Å². The zero-order valence-corrected chi connectivity index (χ0v) is 16.2. The van der Waals surface area contributed by atoms with E-state index >= 15 is 0 Å². The Labute approximate surface area is 164 Å². The number of nitrogens with zero attached hydrogens (tertiary/aromatic N) is 2. The van der Waals surface area contributed by atoms with E-state index in [-0.39, 0.29) is 30.5 Å². The summed E-state index contributed by atoms with van der Waals surface area (Å²) in [7, 11) is 0. The first-order chi connectivity index (χ1) is 13.1. The number of aromatic nitrogens is 2. The second kappa shape index (κ2) is 9.33. The van der Waals surface area contributed by atoms with Crippen molar-refractivity contribution in [3.8, 4) is 0 Å². The Balaban J connectivity index is 1.39. The Hall–Kier alpha value is -2.65. The number of anilines is 1. The molecule has 27 heavy (non-hydrogen) atoms. The molecule has 0 saturated heterocycles. The number of thioether (sulfide) groups is 1. The van der Waals surface area contributed by atoms with Crippen LogP contribution in [0.15, 0.2) is 51.4 Å². The maximum absolute atomic E-state index is 11.9. The molecular weight excluding hydrogens is 384 g/mol. The van der Waals surface area contributed by atoms with Gasteiger partial charge in [0.2, 0.25) is 11.0 Å². The summed E-state index contributed by atoms with van der Waals surface area (Å²) in [6.07, 6.45) is 1.56. The van der Waals surface area contributed by atoms with Gasteiger partial charge >= 0.3 is 0 Å². The van der Waals surface area contributed by atoms with Gasteiger partial charge in [-0.2, -0.15) is 0 Å². The molecule has 3 aromatic rings. The second-order valence-corrected chi connectivity index (χ2v) is 7.88. The highest BCUT2D eigenvalue weighted by Crippen LogP contribution is 2.28. The number of nitrogens with one attached hydrogen (secondary N) is 2. The number of carbonyl (C=O) groups excluding carboxylic acids is 2. The molecule has 9 heteroatoms. The molecule has 0 unspecified atom stereocenters. The molecule has 0 saturated carbocycles. The van der Waals surface area contributed by atoms with Crippen molar-refractivity contribution in [3.63, 3.8) is 0 Å². The van der Waals surface area contributed by atoms with Crippen molar-refractivity contribution in [2.75, 3.05) is 11.9 Å². The van der Waals surface area contributed by atoms with E-state index in [1.165, 1.54) is 28.7 Å². The zero-order valence-electron chi connectivity index (χ0n) is 14.6. The average molecular weight is 403 g/mol. The molecule has 0 bridgehead atoms. The van der Waals surface area contributed by atoms with Gasteiger partial charge in [-0.15, -0.1) is 10.2 Å². The van der Waals surface area contributed by atoms with E-state index in [1.807, 2.05) is 0 Å². The van der Waals surface area contributed by atoms with E-state index in [0.717, 1.165) is 10.1 Å². The smallest absolute Gasteiger partial charge is 0.286 e. The lowest BCUT2D eigenvalue weighted by atomic mass is 10.2. The van der Waals surface area contributed by atoms with E-state index in [1.54, 1.807) is 23.9 Å². The fourth-order valence-electron chi connectivity index (χ4n) is 2.11. The lowest BCUT2D eigenvalue weighted by molar-refractivity contribution is -0.116. The van der Waals surface area contributed by atoms with Crippen LogP contribution < -0.4 is 10.6 Å². The first-order valence-electron chi connectivity index (χ1n) is 8.23. The van der Waals surface area contributed by atoms with E-state index in [2.05, 4.69) is 52.0 Å². The Kier molecular flexibility index (Phi) is 6.61. The van der Waals surface area contributed by atoms with Crippen LogP contribution in [0.4, 0.5) is 5.13 Å². The predicted octanol–water partition coefficient (Wildman–Crippen LogP) is 3.49. The minimum absolute atomic E-state index is 0.137. The highest BCUT2D eigenvalue weighted by Gasteiger charge is 2.11. The summed E-state index contributed by atoms with van der Waals surface area (Å²) in [5.41, 5.74) is 2.43. The molecule has 0 atom stereocenters. The summed E-state index contributed by atoms with van der Waals surface area (Å²) in [6, 6.07) is 11.5. The van der Waals surface area contributed by atoms with Gasteiger partial charge < -0.3 is 15.1 Å². The number of carbonyl (C=O) groups is 2. The molecule has 0 fully saturated rings. The number of amides is 2. The standard InChI is InChI=1S/C18H18N4O3S2/c1-12-4-6-13(7-5-12)11-26-18-22-21-17(27-18)20-15(23)8-9-19-16(24)14-3-2-10-25-14/h2-7,10H,8-9,11H2,1H3,(H,19,24)(H,20,21,23). The fraction of sp³-hybridized carbons (Fsp3) is 0.222. The van der Waals surface area contributed by atoms with Crippen LogP contribution >= 0.6 is 23.1 Å². The van der Waals surface area contributed by atoms with Crippen molar-refractivity contribution >= 4 is 40.0 Å². The molecule has 2 aromatic heterocycles. The molecule has 7 nitrogen and oxygen atoms in total. The number of benzene rings is 1. The Bertz CT molecular complexity index is 892. The van der Waals surface area contributed by atoms with Crippen molar-refractivity contribution in [2.45, 2.75) is 23.4 Å². The third-order valence-electron chi connectivity index (χ3n) is 3.52. The number of furan rings is 1. The maximum atomic E-state index is 11.9. The Morgan fingerprint density at radius 1 is 1.19 bits per heavy atom. The minimum Gasteiger partial charge on any atom is -0.459 e. The molecule has 140 valence electrons. The molecular formula is C18H18N4O3S2. The third kappa shape index (κ3) is 5.93. The summed E-state index contributed by atoms with van der Waals surface area (Å²) in [5, 5.41) is 13.8. The lowest BCUT2D eigenvalue weighted by Gasteiger charge is -2.03. The summed E-state index contributed by atoms with van der Waals surface area (Å²) in [6.45, 7) is 2.26. The van der Waals surface area contributed by atoms with Crippen molar-refractivity contribution < 1.29 is 14.0 Å². The molecule has 0 aliphatic rings. The zero-order chi connectivity index (χ0) is 19.1. The first-order valence-corrected chi connectivity index (χ1v) is 10.0. The van der Waals surface area contributed by atoms with E-state index in [9.17, 15) is 9.59 Å². The van der Waals surface area contributed by atoms with Crippen LogP contribution in [-0.2, 0) is 10.5 Å². The summed E-state index contributed by atoms with van der Waals surface area (Å²) < 4.78 is 5.77. The maximum Gasteiger partial charge on any atom is 0.286 e. The number of aryl methyl sites for hydroxylation is 1. The molecule has 3 rings (SSSR count). The summed E-state index contributed by atoms with van der Waals surface area (Å²) >= 11 is 2.90. The lowest BCUT2D eigenvalue weighted by Crippen LogP contribution is -2.27. The van der Waals surface area contributed by atoms with Gasteiger partial charge in [0.05, 0.1) is 6.26 Å². The quantitative estimate of drug-likeness (QED) is 0.442. The Morgan fingerprint density at radius 2 is 2.00 bits per heavy atom. The van der Waals surface area contributed by atoms with Crippen LogP contribution in [0.1, 0.15) is 28.1 Å². The highest BCUT2D eigenvalue weighted by molar-refractivity contribution is 8.00. The second-order valence-electron chi connectivity index (χ2n) is 5.68. The number of rotatable bonds is 8. The topological polar surface area (TPSA) is 97.1 Å². The Morgan fingerprint density at radius 3 is 2.74 bits per heavy atom. The van der Waals surface area contributed by atoms with Crippen LogP contribution in [0, 0.1) is 6.92 Å². The van der Waals surface area contributed by atoms with Crippen LogP contribution in [0.5, 0.6) is 0 Å². The van der Waals surface area contributed by atoms with Crippen molar-refractivity contribution in [2.24, 2.45) is 0 Å². The van der Waals surface area contributed by atoms with Crippen LogP contribution in [0.25, 0.3) is 0 Å². The fourth-order valence-corrected chi connectivity index (χ4v) is 3.84. The van der Waals surface area contributed by atoms with E-state index < -0.39 is 0 Å². The summed E-state index contributed by atoms with van der Waals surface area (Å²) in [4.78, 5) is 23.6. The molecule has 0 aliphatic carbocycles. The van der Waals surface area contributed by atoms with Crippen molar-refractivity contribution in [1.82, 2.24) is 15.5 Å². The minimum atomic E-state index is -0.349. The molecule has 0 spiro atoms. The molecule has 0 radical (unpaired) electrons. The van der Waals surface area contributed by atoms with E-state index in [4.69, 9.17) is 4.42 Å². The number of hydrogen-bond donors (Lipinski definition) is 2. The van der Waals surface area contributed by atoms with Crippen molar-refractivity contribution in [3.05, 3.63) is 59.5 Å². The highest BCUT2D eigenvalue weighted by atomic mass is 32.2. The number of hydrogen-bond acceptors (Lipinski definition) is 7. The largest absolute Gasteiger partial charge is 0.459 e. The van der Waals surface area contributed by atoms with Gasteiger partial charge in [0, 0.05) is 18.7 Å². The van der Waals surface area contributed by atoms with Gasteiger partial charge in [-0.25, -0.2) is 0 Å². The predicted molar refractivity (Wildman–Crippen MR) is 105 cm³/mol. The molecule has 0 aliphatic heterocycles. The third-order valence-corrected chi connectivity index (χ3v) is 5.56. The first kappa shape index (κ1) is 19.1. The van der Waals surface area contributed by atoms with Gasteiger partial charge in [-0.3, -0.25) is 9.59 Å². The van der Waals surface area contributed by atoms with E-state index in [0.29, 0.717) is 5.13 Å². The normalized spacial score (nSPS) is 10.6. The van der Waals surface area contributed by atoms with Crippen LogP contribution in [-0.4, -0.2) is 28.6 Å². The van der Waals surface area contributed by atoms with Crippen LogP contribution in [0.3, 0.4) is 0 Å². The summed E-state index contributed by atoms with van der Waals surface area (Å²) in [5.74, 6) is 0.427. The van der Waals surface area contributed by atoms with Gasteiger partial charge in [0.25, 0.3) is 5.91 Å². The molecule has 1 aromatic carbocycles. The molecule has 2 amide bonds. The van der Waals surface area contributed by atoms with Gasteiger partial charge in [0.1, 0.15) is 0 Å². The van der Waals surface area contributed by atoms with Gasteiger partial charge in [0.15, 0.2) is 10.1 Å². The molecule has 2 heterocycles. The van der Waals surface area contributed by atoms with Crippen LogP contribution in [0.2, 0.25) is 0 Å². The SMILES string of the molecule is Cc1ccc(CSc2nnc(NC(=O)CCNC(=O)c3ccco3)s2)cc1.